The molecule has 0 bridgehead atoms. The van der Waals surface area contributed by atoms with E-state index in [0.717, 1.165) is 25.7 Å². The van der Waals surface area contributed by atoms with Gasteiger partial charge in [0.15, 0.2) is 6.61 Å². The van der Waals surface area contributed by atoms with E-state index < -0.39 is 28.5 Å². The Morgan fingerprint density at radius 1 is 1.04 bits per heavy atom. The first-order valence-electron chi connectivity index (χ1n) is 9.07. The molecule has 0 saturated carbocycles. The van der Waals surface area contributed by atoms with Crippen LogP contribution < -0.4 is 5.32 Å². The average molecular weight is 406 g/mol. The summed E-state index contributed by atoms with van der Waals surface area (Å²) in [6.45, 7) is 0.580. The molecule has 9 heteroatoms. The number of nitrogens with one attached hydrogen (secondary N) is 1. The van der Waals surface area contributed by atoms with Gasteiger partial charge in [-0.3, -0.25) is 4.79 Å². The van der Waals surface area contributed by atoms with Crippen LogP contribution >= 0.6 is 0 Å². The number of hydrogen-bond acceptors (Lipinski definition) is 6. The number of benzene rings is 1. The molecule has 1 saturated heterocycles. The minimum Gasteiger partial charge on any atom is -0.457 e. The molecule has 1 fully saturated rings. The van der Waals surface area contributed by atoms with Crippen LogP contribution in [0.15, 0.2) is 52.0 Å². The van der Waals surface area contributed by atoms with Crippen molar-refractivity contribution in [2.45, 2.75) is 30.6 Å². The van der Waals surface area contributed by atoms with Crippen molar-refractivity contribution in [3.63, 3.8) is 0 Å². The summed E-state index contributed by atoms with van der Waals surface area (Å²) in [5.74, 6) is -1.27. The lowest BCUT2D eigenvalue weighted by molar-refractivity contribution is -0.119. The number of hydrogen-bond donors (Lipinski definition) is 1. The molecular formula is C19H22N2O6S. The number of carbonyl (C=O) groups excluding carboxylic acids is 2. The molecule has 3 rings (SSSR count). The molecule has 2 heterocycles. The minimum absolute atomic E-state index is 0.0101. The Morgan fingerprint density at radius 2 is 1.71 bits per heavy atom. The summed E-state index contributed by atoms with van der Waals surface area (Å²) >= 11 is 0. The van der Waals surface area contributed by atoms with Crippen LogP contribution in [0.3, 0.4) is 0 Å². The lowest BCUT2D eigenvalue weighted by Crippen LogP contribution is -2.31. The number of furan rings is 1. The second kappa shape index (κ2) is 9.03. The van der Waals surface area contributed by atoms with Gasteiger partial charge in [-0.05, 0) is 49.2 Å². The van der Waals surface area contributed by atoms with Crippen molar-refractivity contribution in [2.75, 3.05) is 25.0 Å². The molecule has 2 aromatic rings. The normalized spacial score (nSPS) is 15.6. The second-order valence-electron chi connectivity index (χ2n) is 6.44. The Bertz CT molecular complexity index is 898. The molecule has 1 amide bonds. The van der Waals surface area contributed by atoms with Crippen molar-refractivity contribution in [1.82, 2.24) is 4.31 Å². The summed E-state index contributed by atoms with van der Waals surface area (Å²) in [6, 6.07) is 8.92. The number of rotatable bonds is 6. The third kappa shape index (κ3) is 4.99. The standard InChI is InChI=1S/C19H22N2O6S/c22-18(14-27-19(23)17-6-5-13-26-17)20-15-7-9-16(10-8-15)28(24,25)21-11-3-1-2-4-12-21/h5-10,13H,1-4,11-12,14H2,(H,20,22). The smallest absolute Gasteiger partial charge is 0.374 e. The number of carbonyl (C=O) groups is 2. The van der Waals surface area contributed by atoms with Gasteiger partial charge in [0.05, 0.1) is 11.2 Å². The monoisotopic (exact) mass is 406 g/mol. The second-order valence-corrected chi connectivity index (χ2v) is 8.38. The Morgan fingerprint density at radius 3 is 2.32 bits per heavy atom. The highest BCUT2D eigenvalue weighted by atomic mass is 32.2. The molecule has 0 atom stereocenters. The van der Waals surface area contributed by atoms with Crippen LogP contribution in [-0.4, -0.2) is 44.3 Å². The molecular weight excluding hydrogens is 384 g/mol. The summed E-state index contributed by atoms with van der Waals surface area (Å²) in [7, 11) is -3.54. The van der Waals surface area contributed by atoms with Gasteiger partial charge >= 0.3 is 5.97 Å². The third-order valence-corrected chi connectivity index (χ3v) is 6.31. The fraction of sp³-hybridized carbons (Fsp3) is 0.368. The number of ether oxygens (including phenoxy) is 1. The fourth-order valence-corrected chi connectivity index (χ4v) is 4.45. The van der Waals surface area contributed by atoms with Crippen molar-refractivity contribution in [2.24, 2.45) is 0 Å². The molecule has 8 nitrogen and oxygen atoms in total. The topological polar surface area (TPSA) is 106 Å². The van der Waals surface area contributed by atoms with E-state index in [-0.39, 0.29) is 10.7 Å². The molecule has 0 unspecified atom stereocenters. The van der Waals surface area contributed by atoms with Gasteiger partial charge in [0.2, 0.25) is 15.8 Å². The highest BCUT2D eigenvalue weighted by Crippen LogP contribution is 2.21. The van der Waals surface area contributed by atoms with E-state index in [1.54, 1.807) is 0 Å². The number of esters is 1. The molecule has 1 aliphatic rings. The van der Waals surface area contributed by atoms with E-state index in [0.29, 0.717) is 18.8 Å². The Hall–Kier alpha value is -2.65. The first-order chi connectivity index (χ1) is 13.5. The Labute approximate surface area is 163 Å². The summed E-state index contributed by atoms with van der Waals surface area (Å²) in [6.07, 6.45) is 5.15. The fourth-order valence-electron chi connectivity index (χ4n) is 2.94. The van der Waals surface area contributed by atoms with Gasteiger partial charge in [0.1, 0.15) is 0 Å². The minimum atomic E-state index is -3.54. The molecule has 1 aliphatic heterocycles. The van der Waals surface area contributed by atoms with Crippen LogP contribution in [0.1, 0.15) is 36.2 Å². The van der Waals surface area contributed by atoms with Gasteiger partial charge in [-0.2, -0.15) is 4.31 Å². The van der Waals surface area contributed by atoms with E-state index in [2.05, 4.69) is 5.32 Å². The Balaban J connectivity index is 1.56. The first-order valence-corrected chi connectivity index (χ1v) is 10.5. The molecule has 150 valence electrons. The maximum atomic E-state index is 12.7. The van der Waals surface area contributed by atoms with Crippen LogP contribution in [0.4, 0.5) is 5.69 Å². The van der Waals surface area contributed by atoms with E-state index in [1.807, 2.05) is 0 Å². The molecule has 1 N–H and O–H groups in total. The third-order valence-electron chi connectivity index (χ3n) is 4.40. The lowest BCUT2D eigenvalue weighted by Gasteiger charge is -2.20. The zero-order chi connectivity index (χ0) is 20.0. The molecule has 1 aromatic heterocycles. The number of amides is 1. The Kier molecular flexibility index (Phi) is 6.48. The average Bonchev–Trinajstić information content (AvgIpc) is 3.08. The van der Waals surface area contributed by atoms with Gasteiger partial charge in [0.25, 0.3) is 5.91 Å². The van der Waals surface area contributed by atoms with Gasteiger partial charge in [-0.1, -0.05) is 12.8 Å². The van der Waals surface area contributed by atoms with E-state index in [4.69, 9.17) is 9.15 Å². The van der Waals surface area contributed by atoms with Gasteiger partial charge in [-0.25, -0.2) is 13.2 Å². The van der Waals surface area contributed by atoms with Gasteiger partial charge < -0.3 is 14.5 Å². The predicted octanol–water partition coefficient (Wildman–Crippen LogP) is 2.64. The zero-order valence-electron chi connectivity index (χ0n) is 15.3. The SMILES string of the molecule is O=C(COC(=O)c1ccco1)Nc1ccc(S(=O)(=O)N2CCCCCC2)cc1. The van der Waals surface area contributed by atoms with Crippen molar-refractivity contribution < 1.29 is 27.2 Å². The summed E-state index contributed by atoms with van der Waals surface area (Å²) in [5.41, 5.74) is 0.411. The molecule has 1 aromatic carbocycles. The molecule has 0 spiro atoms. The van der Waals surface area contributed by atoms with Gasteiger partial charge in [-0.15, -0.1) is 0 Å². The largest absolute Gasteiger partial charge is 0.457 e. The van der Waals surface area contributed by atoms with Crippen molar-refractivity contribution in [3.8, 4) is 0 Å². The highest BCUT2D eigenvalue weighted by molar-refractivity contribution is 7.89. The molecule has 28 heavy (non-hydrogen) atoms. The number of nitrogens with zero attached hydrogens (tertiary/aromatic N) is 1. The quantitative estimate of drug-likeness (QED) is 0.739. The maximum absolute atomic E-state index is 12.7. The van der Waals surface area contributed by atoms with Crippen molar-refractivity contribution >= 4 is 27.6 Å². The van der Waals surface area contributed by atoms with Crippen LogP contribution in [0.25, 0.3) is 0 Å². The van der Waals surface area contributed by atoms with Crippen LogP contribution in [0.5, 0.6) is 0 Å². The van der Waals surface area contributed by atoms with Crippen molar-refractivity contribution in [1.29, 1.82) is 0 Å². The van der Waals surface area contributed by atoms with E-state index in [9.17, 15) is 18.0 Å². The predicted molar refractivity (Wildman–Crippen MR) is 101 cm³/mol. The van der Waals surface area contributed by atoms with Crippen LogP contribution in [0, 0.1) is 0 Å². The van der Waals surface area contributed by atoms with Crippen LogP contribution in [-0.2, 0) is 19.6 Å². The molecule has 0 aliphatic carbocycles. The first kappa shape index (κ1) is 20.1. The molecule has 0 radical (unpaired) electrons. The van der Waals surface area contributed by atoms with Crippen molar-refractivity contribution in [3.05, 3.63) is 48.4 Å². The zero-order valence-corrected chi connectivity index (χ0v) is 16.1. The summed E-state index contributed by atoms with van der Waals surface area (Å²) in [4.78, 5) is 23.7. The maximum Gasteiger partial charge on any atom is 0.374 e. The highest BCUT2D eigenvalue weighted by Gasteiger charge is 2.25. The lowest BCUT2D eigenvalue weighted by atomic mass is 10.2. The number of anilines is 1. The van der Waals surface area contributed by atoms with E-state index >= 15 is 0 Å². The number of sulfonamides is 1. The van der Waals surface area contributed by atoms with Crippen LogP contribution in [0.2, 0.25) is 0 Å². The summed E-state index contributed by atoms with van der Waals surface area (Å²) < 4.78 is 36.7. The van der Waals surface area contributed by atoms with Gasteiger partial charge in [0, 0.05) is 18.8 Å². The van der Waals surface area contributed by atoms with E-state index in [1.165, 1.54) is 47.0 Å². The summed E-state index contributed by atoms with van der Waals surface area (Å²) in [5, 5.41) is 2.56.